The average Bonchev–Trinajstić information content (AvgIpc) is 2.54. The highest BCUT2D eigenvalue weighted by Crippen LogP contribution is 2.47. The first-order chi connectivity index (χ1) is 11.5. The summed E-state index contributed by atoms with van der Waals surface area (Å²) < 4.78 is 0. The SMILES string of the molecule is CN1c2ccccc2-c2ccc(N)cc2C1c1cc(Cl)cc(Cl)c1. The van der Waals surface area contributed by atoms with Gasteiger partial charge in [-0.3, -0.25) is 0 Å². The zero-order valence-corrected chi connectivity index (χ0v) is 14.6. The van der Waals surface area contributed by atoms with Crippen LogP contribution in [0.2, 0.25) is 10.0 Å². The molecule has 1 aliphatic heterocycles. The van der Waals surface area contributed by atoms with E-state index in [2.05, 4.69) is 42.3 Å². The Kier molecular flexibility index (Phi) is 3.67. The number of nitrogen functional groups attached to an aromatic ring is 1. The lowest BCUT2D eigenvalue weighted by atomic mass is 9.85. The topological polar surface area (TPSA) is 29.3 Å². The van der Waals surface area contributed by atoms with Crippen LogP contribution < -0.4 is 10.6 Å². The molecule has 3 aromatic rings. The number of rotatable bonds is 1. The summed E-state index contributed by atoms with van der Waals surface area (Å²) in [5.74, 6) is 0. The van der Waals surface area contributed by atoms with Crippen molar-refractivity contribution in [1.29, 1.82) is 0 Å². The number of nitrogens with two attached hydrogens (primary N) is 1. The third kappa shape index (κ3) is 2.43. The van der Waals surface area contributed by atoms with E-state index in [9.17, 15) is 0 Å². The first-order valence-corrected chi connectivity index (χ1v) is 8.48. The molecule has 2 N–H and O–H groups in total. The largest absolute Gasteiger partial charge is 0.399 e. The second-order valence-corrected chi connectivity index (χ2v) is 6.95. The predicted octanol–water partition coefficient (Wildman–Crippen LogP) is 5.78. The van der Waals surface area contributed by atoms with Gasteiger partial charge in [0.25, 0.3) is 0 Å². The van der Waals surface area contributed by atoms with E-state index in [1.807, 2.05) is 24.3 Å². The quantitative estimate of drug-likeness (QED) is 0.561. The Balaban J connectivity index is 2.00. The van der Waals surface area contributed by atoms with E-state index < -0.39 is 0 Å². The van der Waals surface area contributed by atoms with Crippen molar-refractivity contribution in [1.82, 2.24) is 0 Å². The normalized spacial score (nSPS) is 15.8. The molecule has 4 rings (SSSR count). The number of anilines is 2. The fourth-order valence-corrected chi connectivity index (χ4v) is 4.09. The van der Waals surface area contributed by atoms with Gasteiger partial charge in [-0.15, -0.1) is 0 Å². The standard InChI is InChI=1S/C20H16Cl2N2/c1-24-19-5-3-2-4-17(19)16-7-6-15(23)11-18(16)20(24)12-8-13(21)10-14(22)9-12/h2-11,20H,23H2,1H3. The lowest BCUT2D eigenvalue weighted by Crippen LogP contribution is -2.29. The van der Waals surface area contributed by atoms with Gasteiger partial charge in [-0.25, -0.2) is 0 Å². The van der Waals surface area contributed by atoms with Crippen LogP contribution in [0.15, 0.2) is 60.7 Å². The molecular formula is C20H16Cl2N2. The fourth-order valence-electron chi connectivity index (χ4n) is 3.55. The van der Waals surface area contributed by atoms with Gasteiger partial charge in [0.1, 0.15) is 0 Å². The van der Waals surface area contributed by atoms with Crippen molar-refractivity contribution in [2.45, 2.75) is 6.04 Å². The van der Waals surface area contributed by atoms with Gasteiger partial charge < -0.3 is 10.6 Å². The Morgan fingerprint density at radius 3 is 2.33 bits per heavy atom. The van der Waals surface area contributed by atoms with Gasteiger partial charge >= 0.3 is 0 Å². The van der Waals surface area contributed by atoms with E-state index in [-0.39, 0.29) is 6.04 Å². The Hall–Kier alpha value is -2.16. The fraction of sp³-hybridized carbons (Fsp3) is 0.100. The van der Waals surface area contributed by atoms with Gasteiger partial charge in [0.2, 0.25) is 0 Å². The third-order valence-corrected chi connectivity index (χ3v) is 4.97. The Labute approximate surface area is 151 Å². The Bertz CT molecular complexity index is 916. The molecule has 1 aliphatic rings. The molecule has 0 aliphatic carbocycles. The van der Waals surface area contributed by atoms with E-state index in [1.165, 1.54) is 16.8 Å². The van der Waals surface area contributed by atoms with Crippen LogP contribution in [0.3, 0.4) is 0 Å². The number of benzene rings is 3. The average molecular weight is 355 g/mol. The zero-order valence-electron chi connectivity index (χ0n) is 13.1. The van der Waals surface area contributed by atoms with E-state index in [4.69, 9.17) is 28.9 Å². The molecule has 3 aromatic carbocycles. The maximum Gasteiger partial charge on any atom is 0.0800 e. The number of para-hydroxylation sites is 1. The van der Waals surface area contributed by atoms with E-state index in [1.54, 1.807) is 6.07 Å². The summed E-state index contributed by atoms with van der Waals surface area (Å²) in [6, 6.07) is 20.2. The van der Waals surface area contributed by atoms with Gasteiger partial charge in [-0.2, -0.15) is 0 Å². The first kappa shape index (κ1) is 15.4. The van der Waals surface area contributed by atoms with Crippen LogP contribution in [0.4, 0.5) is 11.4 Å². The van der Waals surface area contributed by atoms with Crippen LogP contribution in [-0.4, -0.2) is 7.05 Å². The molecule has 0 bridgehead atoms. The number of hydrogen-bond donors (Lipinski definition) is 1. The van der Waals surface area contributed by atoms with Gasteiger partial charge in [0.05, 0.1) is 6.04 Å². The molecule has 0 aromatic heterocycles. The van der Waals surface area contributed by atoms with Crippen molar-refractivity contribution in [3.8, 4) is 11.1 Å². The van der Waals surface area contributed by atoms with Crippen LogP contribution in [0.25, 0.3) is 11.1 Å². The van der Waals surface area contributed by atoms with Crippen LogP contribution in [0, 0.1) is 0 Å². The van der Waals surface area contributed by atoms with Crippen molar-refractivity contribution in [2.24, 2.45) is 0 Å². The van der Waals surface area contributed by atoms with Gasteiger partial charge in [-0.1, -0.05) is 47.5 Å². The highest BCUT2D eigenvalue weighted by atomic mass is 35.5. The maximum atomic E-state index is 6.25. The lowest BCUT2D eigenvalue weighted by Gasteiger charge is -2.38. The minimum absolute atomic E-state index is 0.00889. The zero-order chi connectivity index (χ0) is 16.8. The van der Waals surface area contributed by atoms with Crippen molar-refractivity contribution in [2.75, 3.05) is 17.7 Å². The summed E-state index contributed by atoms with van der Waals surface area (Å²) in [5.41, 5.74) is 12.6. The lowest BCUT2D eigenvalue weighted by molar-refractivity contribution is 0.775. The van der Waals surface area contributed by atoms with Crippen LogP contribution in [-0.2, 0) is 0 Å². The molecule has 0 spiro atoms. The second-order valence-electron chi connectivity index (χ2n) is 6.08. The van der Waals surface area contributed by atoms with Gasteiger partial charge in [0, 0.05) is 34.0 Å². The third-order valence-electron chi connectivity index (χ3n) is 4.53. The number of fused-ring (bicyclic) bond motifs is 3. The van der Waals surface area contributed by atoms with Gasteiger partial charge in [-0.05, 0) is 53.1 Å². The minimum Gasteiger partial charge on any atom is -0.399 e. The van der Waals surface area contributed by atoms with Crippen molar-refractivity contribution < 1.29 is 0 Å². The maximum absolute atomic E-state index is 6.25. The molecule has 1 atom stereocenters. The van der Waals surface area contributed by atoms with Crippen molar-refractivity contribution >= 4 is 34.6 Å². The molecule has 2 nitrogen and oxygen atoms in total. The van der Waals surface area contributed by atoms with Crippen LogP contribution in [0.1, 0.15) is 17.2 Å². The summed E-state index contributed by atoms with van der Waals surface area (Å²) in [6.45, 7) is 0. The van der Waals surface area contributed by atoms with Crippen LogP contribution >= 0.6 is 23.2 Å². The van der Waals surface area contributed by atoms with Gasteiger partial charge in [0.15, 0.2) is 0 Å². The van der Waals surface area contributed by atoms with Crippen molar-refractivity contribution in [3.63, 3.8) is 0 Å². The molecule has 0 saturated carbocycles. The van der Waals surface area contributed by atoms with E-state index >= 15 is 0 Å². The monoisotopic (exact) mass is 354 g/mol. The highest BCUT2D eigenvalue weighted by Gasteiger charge is 2.30. The second kappa shape index (κ2) is 5.73. The summed E-state index contributed by atoms with van der Waals surface area (Å²) in [5, 5.41) is 1.27. The molecule has 1 unspecified atom stereocenters. The summed E-state index contributed by atoms with van der Waals surface area (Å²) in [7, 11) is 2.09. The molecule has 0 radical (unpaired) electrons. The molecule has 0 amide bonds. The number of hydrogen-bond acceptors (Lipinski definition) is 2. The molecule has 120 valence electrons. The van der Waals surface area contributed by atoms with Crippen LogP contribution in [0.5, 0.6) is 0 Å². The number of nitrogens with zero attached hydrogens (tertiary/aromatic N) is 1. The minimum atomic E-state index is 0.00889. The molecular weight excluding hydrogens is 339 g/mol. The predicted molar refractivity (Wildman–Crippen MR) is 103 cm³/mol. The van der Waals surface area contributed by atoms with E-state index in [0.29, 0.717) is 10.0 Å². The molecule has 4 heteroatoms. The number of halogens is 2. The molecule has 0 fully saturated rings. The Morgan fingerprint density at radius 1 is 0.875 bits per heavy atom. The first-order valence-electron chi connectivity index (χ1n) is 7.72. The Morgan fingerprint density at radius 2 is 1.58 bits per heavy atom. The summed E-state index contributed by atoms with van der Waals surface area (Å²) >= 11 is 12.5. The molecule has 24 heavy (non-hydrogen) atoms. The summed E-state index contributed by atoms with van der Waals surface area (Å²) in [6.07, 6.45) is 0. The van der Waals surface area contributed by atoms with E-state index in [0.717, 1.165) is 16.8 Å². The summed E-state index contributed by atoms with van der Waals surface area (Å²) in [4.78, 5) is 2.25. The smallest absolute Gasteiger partial charge is 0.0800 e. The highest BCUT2D eigenvalue weighted by molar-refractivity contribution is 6.34. The molecule has 1 heterocycles. The molecule has 0 saturated heterocycles. The van der Waals surface area contributed by atoms with Crippen molar-refractivity contribution in [3.05, 3.63) is 81.8 Å².